The summed E-state index contributed by atoms with van der Waals surface area (Å²) in [5, 5.41) is 3.27. The smallest absolute Gasteiger partial charge is 0.229 e. The number of hydrogen-bond acceptors (Lipinski definition) is 3. The van der Waals surface area contributed by atoms with Crippen LogP contribution in [0.2, 0.25) is 5.02 Å². The summed E-state index contributed by atoms with van der Waals surface area (Å²) in [5.74, 6) is 0.484. The molecule has 18 heavy (non-hydrogen) atoms. The molecule has 1 amide bonds. The monoisotopic (exact) mass is 270 g/mol. The molecule has 1 rings (SSSR count). The molecule has 0 saturated carbocycles. The minimum Gasteiger partial charge on any atom is -0.495 e. The highest BCUT2D eigenvalue weighted by Gasteiger charge is 2.20. The van der Waals surface area contributed by atoms with Crippen molar-refractivity contribution in [3.05, 3.63) is 23.2 Å². The summed E-state index contributed by atoms with van der Waals surface area (Å²) in [6.45, 7) is 4.27. The minimum atomic E-state index is -0.203. The second kappa shape index (κ2) is 6.61. The van der Waals surface area contributed by atoms with E-state index in [1.807, 2.05) is 13.8 Å². The number of hydrogen-bond donors (Lipinski definition) is 2. The van der Waals surface area contributed by atoms with Crippen molar-refractivity contribution >= 4 is 23.2 Å². The number of carbonyl (C=O) groups excluding carboxylic acids is 1. The van der Waals surface area contributed by atoms with E-state index >= 15 is 0 Å². The molecular weight excluding hydrogens is 252 g/mol. The lowest BCUT2D eigenvalue weighted by atomic mass is 9.95. The molecule has 0 aliphatic rings. The van der Waals surface area contributed by atoms with Crippen molar-refractivity contribution < 1.29 is 9.53 Å². The Balaban J connectivity index is 2.78. The van der Waals surface area contributed by atoms with Crippen LogP contribution in [0.15, 0.2) is 18.2 Å². The second-order valence-corrected chi connectivity index (χ2v) is 4.83. The Morgan fingerprint density at radius 3 is 2.61 bits per heavy atom. The number of rotatable bonds is 5. The van der Waals surface area contributed by atoms with Gasteiger partial charge < -0.3 is 15.8 Å². The summed E-state index contributed by atoms with van der Waals surface area (Å²) >= 11 is 5.99. The Morgan fingerprint density at radius 1 is 1.50 bits per heavy atom. The summed E-state index contributed by atoms with van der Waals surface area (Å²) < 4.78 is 5.05. The van der Waals surface area contributed by atoms with E-state index < -0.39 is 0 Å². The van der Waals surface area contributed by atoms with Crippen LogP contribution >= 0.6 is 11.6 Å². The van der Waals surface area contributed by atoms with Gasteiger partial charge in [-0.1, -0.05) is 25.4 Å². The Morgan fingerprint density at radius 2 is 2.17 bits per heavy atom. The Bertz CT molecular complexity index is 421. The van der Waals surface area contributed by atoms with E-state index in [4.69, 9.17) is 22.1 Å². The van der Waals surface area contributed by atoms with Gasteiger partial charge in [0.25, 0.3) is 0 Å². The second-order valence-electron chi connectivity index (χ2n) is 4.42. The van der Waals surface area contributed by atoms with Crippen LogP contribution in [0.3, 0.4) is 0 Å². The maximum atomic E-state index is 12.0. The molecule has 0 fully saturated rings. The van der Waals surface area contributed by atoms with Crippen LogP contribution in [0.1, 0.15) is 13.8 Å². The van der Waals surface area contributed by atoms with Crippen LogP contribution in [0, 0.1) is 11.8 Å². The molecule has 0 heterocycles. The number of ether oxygens (including phenoxy) is 1. The van der Waals surface area contributed by atoms with Crippen LogP contribution in [0.25, 0.3) is 0 Å². The van der Waals surface area contributed by atoms with E-state index in [0.717, 1.165) is 0 Å². The van der Waals surface area contributed by atoms with Crippen molar-refractivity contribution in [2.24, 2.45) is 17.6 Å². The maximum absolute atomic E-state index is 12.0. The first-order valence-electron chi connectivity index (χ1n) is 5.84. The summed E-state index contributed by atoms with van der Waals surface area (Å²) in [5.41, 5.74) is 6.24. The van der Waals surface area contributed by atoms with E-state index in [9.17, 15) is 4.79 Å². The van der Waals surface area contributed by atoms with Crippen LogP contribution < -0.4 is 15.8 Å². The first kappa shape index (κ1) is 14.8. The van der Waals surface area contributed by atoms with Gasteiger partial charge in [-0.05, 0) is 24.1 Å². The fraction of sp³-hybridized carbons (Fsp3) is 0.462. The number of nitrogens with two attached hydrogens (primary N) is 1. The minimum absolute atomic E-state index is 0.0891. The third-order valence-electron chi connectivity index (χ3n) is 2.81. The largest absolute Gasteiger partial charge is 0.495 e. The summed E-state index contributed by atoms with van der Waals surface area (Å²) in [6.07, 6.45) is 0. The molecule has 4 nitrogen and oxygen atoms in total. The highest BCUT2D eigenvalue weighted by atomic mass is 35.5. The van der Waals surface area contributed by atoms with Crippen molar-refractivity contribution in [1.82, 2.24) is 0 Å². The number of benzene rings is 1. The van der Waals surface area contributed by atoms with Crippen LogP contribution in [0.5, 0.6) is 5.75 Å². The van der Waals surface area contributed by atoms with E-state index in [1.54, 1.807) is 25.3 Å². The Kier molecular flexibility index (Phi) is 5.44. The number of nitrogens with one attached hydrogen (secondary N) is 1. The number of amides is 1. The van der Waals surface area contributed by atoms with Crippen molar-refractivity contribution in [3.63, 3.8) is 0 Å². The molecular formula is C13H19ClN2O2. The predicted molar refractivity (Wildman–Crippen MR) is 74.0 cm³/mol. The van der Waals surface area contributed by atoms with Gasteiger partial charge in [0.05, 0.1) is 18.1 Å². The number of carbonyl (C=O) groups is 1. The van der Waals surface area contributed by atoms with Crippen LogP contribution in [-0.2, 0) is 4.79 Å². The molecule has 5 heteroatoms. The Hall–Kier alpha value is -1.26. The van der Waals surface area contributed by atoms with Gasteiger partial charge in [0.1, 0.15) is 5.75 Å². The SMILES string of the molecule is COc1ccc(NC(=O)C(CN)C(C)C)cc1Cl. The zero-order valence-corrected chi connectivity index (χ0v) is 11.6. The molecule has 0 aliphatic heterocycles. The van der Waals surface area contributed by atoms with Crippen molar-refractivity contribution in [2.45, 2.75) is 13.8 Å². The number of halogens is 1. The molecule has 0 bridgehead atoms. The molecule has 0 aliphatic carbocycles. The van der Waals surface area contributed by atoms with E-state index in [1.165, 1.54) is 0 Å². The van der Waals surface area contributed by atoms with Gasteiger partial charge in [-0.2, -0.15) is 0 Å². The quantitative estimate of drug-likeness (QED) is 0.864. The average Bonchev–Trinajstić information content (AvgIpc) is 2.29. The summed E-state index contributed by atoms with van der Waals surface area (Å²) in [4.78, 5) is 12.0. The van der Waals surface area contributed by atoms with Gasteiger partial charge in [-0.3, -0.25) is 4.79 Å². The predicted octanol–water partition coefficient (Wildman–Crippen LogP) is 2.52. The molecule has 0 radical (unpaired) electrons. The zero-order valence-electron chi connectivity index (χ0n) is 10.9. The van der Waals surface area contributed by atoms with Gasteiger partial charge in [0, 0.05) is 12.2 Å². The molecule has 1 unspecified atom stereocenters. The summed E-state index contributed by atoms with van der Waals surface area (Å²) in [7, 11) is 1.54. The fourth-order valence-corrected chi connectivity index (χ4v) is 1.92. The van der Waals surface area contributed by atoms with Crippen molar-refractivity contribution in [3.8, 4) is 5.75 Å². The first-order chi connectivity index (χ1) is 8.49. The van der Waals surface area contributed by atoms with Crippen LogP contribution in [-0.4, -0.2) is 19.6 Å². The first-order valence-corrected chi connectivity index (χ1v) is 6.21. The lowest BCUT2D eigenvalue weighted by Crippen LogP contribution is -2.33. The molecule has 1 aromatic carbocycles. The molecule has 1 aromatic rings. The normalized spacial score (nSPS) is 12.3. The number of anilines is 1. The van der Waals surface area contributed by atoms with Crippen LogP contribution in [0.4, 0.5) is 5.69 Å². The highest BCUT2D eigenvalue weighted by Crippen LogP contribution is 2.27. The molecule has 3 N–H and O–H groups in total. The lowest BCUT2D eigenvalue weighted by molar-refractivity contribution is -0.120. The summed E-state index contributed by atoms with van der Waals surface area (Å²) in [6, 6.07) is 5.12. The molecule has 0 spiro atoms. The molecule has 0 saturated heterocycles. The topological polar surface area (TPSA) is 64.3 Å². The molecule has 0 aromatic heterocycles. The van der Waals surface area contributed by atoms with E-state index in [-0.39, 0.29) is 17.7 Å². The van der Waals surface area contributed by atoms with Gasteiger partial charge >= 0.3 is 0 Å². The standard InChI is InChI=1S/C13H19ClN2O2/c1-8(2)10(7-15)13(17)16-9-4-5-12(18-3)11(14)6-9/h4-6,8,10H,7,15H2,1-3H3,(H,16,17). The van der Waals surface area contributed by atoms with Gasteiger partial charge in [0.15, 0.2) is 0 Å². The van der Waals surface area contributed by atoms with E-state index in [2.05, 4.69) is 5.32 Å². The Labute approximate surface area is 112 Å². The van der Waals surface area contributed by atoms with Gasteiger partial charge in [-0.25, -0.2) is 0 Å². The van der Waals surface area contributed by atoms with Crippen molar-refractivity contribution in [2.75, 3.05) is 19.0 Å². The fourth-order valence-electron chi connectivity index (χ4n) is 1.66. The van der Waals surface area contributed by atoms with Crippen molar-refractivity contribution in [1.29, 1.82) is 0 Å². The zero-order chi connectivity index (χ0) is 13.7. The highest BCUT2D eigenvalue weighted by molar-refractivity contribution is 6.32. The number of methoxy groups -OCH3 is 1. The lowest BCUT2D eigenvalue weighted by Gasteiger charge is -2.18. The molecule has 1 atom stereocenters. The maximum Gasteiger partial charge on any atom is 0.229 e. The third kappa shape index (κ3) is 3.62. The third-order valence-corrected chi connectivity index (χ3v) is 3.11. The molecule has 100 valence electrons. The van der Waals surface area contributed by atoms with E-state index in [0.29, 0.717) is 23.0 Å². The average molecular weight is 271 g/mol. The van der Waals surface area contributed by atoms with Gasteiger partial charge in [0.2, 0.25) is 5.91 Å². The van der Waals surface area contributed by atoms with Gasteiger partial charge in [-0.15, -0.1) is 0 Å².